The van der Waals surface area contributed by atoms with E-state index in [0.29, 0.717) is 0 Å². The quantitative estimate of drug-likeness (QED) is 0.738. The molecule has 0 saturated carbocycles. The SMILES string of the molecule is CCNCCNc1nccn2nc(C)cc12. The number of aromatic nitrogens is 3. The van der Waals surface area contributed by atoms with Crippen LogP contribution >= 0.6 is 0 Å². The van der Waals surface area contributed by atoms with Gasteiger partial charge in [-0.05, 0) is 19.5 Å². The lowest BCUT2D eigenvalue weighted by Crippen LogP contribution is -2.22. The van der Waals surface area contributed by atoms with Crippen LogP contribution in [0.15, 0.2) is 18.5 Å². The van der Waals surface area contributed by atoms with Gasteiger partial charge in [-0.2, -0.15) is 5.10 Å². The minimum absolute atomic E-state index is 0.866. The Hall–Kier alpha value is -1.62. The molecular weight excluding hydrogens is 202 g/mol. The molecule has 0 radical (unpaired) electrons. The third-order valence-corrected chi connectivity index (χ3v) is 2.36. The summed E-state index contributed by atoms with van der Waals surface area (Å²) in [6.45, 7) is 6.87. The molecule has 2 aromatic heterocycles. The summed E-state index contributed by atoms with van der Waals surface area (Å²) in [5.41, 5.74) is 2.03. The first kappa shape index (κ1) is 10.9. The van der Waals surface area contributed by atoms with Gasteiger partial charge in [-0.15, -0.1) is 0 Å². The van der Waals surface area contributed by atoms with Crippen molar-refractivity contribution >= 4 is 11.3 Å². The molecule has 0 aliphatic carbocycles. The number of aryl methyl sites for hydroxylation is 1. The fraction of sp³-hybridized carbons (Fsp3) is 0.455. The largest absolute Gasteiger partial charge is 0.367 e. The number of hydrogen-bond donors (Lipinski definition) is 2. The molecule has 2 N–H and O–H groups in total. The van der Waals surface area contributed by atoms with E-state index >= 15 is 0 Å². The van der Waals surface area contributed by atoms with Gasteiger partial charge in [-0.1, -0.05) is 6.92 Å². The summed E-state index contributed by atoms with van der Waals surface area (Å²) >= 11 is 0. The van der Waals surface area contributed by atoms with Crippen molar-refractivity contribution in [2.24, 2.45) is 0 Å². The van der Waals surface area contributed by atoms with E-state index in [9.17, 15) is 0 Å². The Morgan fingerprint density at radius 3 is 3.06 bits per heavy atom. The molecule has 0 amide bonds. The van der Waals surface area contributed by atoms with Crippen LogP contribution in [0.1, 0.15) is 12.6 Å². The van der Waals surface area contributed by atoms with Crippen molar-refractivity contribution in [3.8, 4) is 0 Å². The molecule has 0 fully saturated rings. The summed E-state index contributed by atoms with van der Waals surface area (Å²) < 4.78 is 1.85. The second-order valence-corrected chi connectivity index (χ2v) is 3.67. The molecule has 2 heterocycles. The van der Waals surface area contributed by atoms with Crippen LogP contribution in [0.4, 0.5) is 5.82 Å². The Kier molecular flexibility index (Phi) is 3.36. The van der Waals surface area contributed by atoms with E-state index in [1.165, 1.54) is 0 Å². The second kappa shape index (κ2) is 4.94. The predicted molar refractivity (Wildman–Crippen MR) is 64.8 cm³/mol. The first-order chi connectivity index (χ1) is 7.81. The molecule has 16 heavy (non-hydrogen) atoms. The average Bonchev–Trinajstić information content (AvgIpc) is 2.65. The molecular formula is C11H17N5. The molecule has 86 valence electrons. The van der Waals surface area contributed by atoms with Crippen molar-refractivity contribution in [1.82, 2.24) is 19.9 Å². The Morgan fingerprint density at radius 1 is 1.38 bits per heavy atom. The predicted octanol–water partition coefficient (Wildman–Crippen LogP) is 1.06. The molecule has 2 aromatic rings. The topological polar surface area (TPSA) is 54.2 Å². The normalized spacial score (nSPS) is 10.9. The van der Waals surface area contributed by atoms with Crippen LogP contribution in [0.25, 0.3) is 5.52 Å². The van der Waals surface area contributed by atoms with E-state index in [1.807, 2.05) is 23.7 Å². The maximum absolute atomic E-state index is 4.34. The van der Waals surface area contributed by atoms with Gasteiger partial charge in [-0.25, -0.2) is 9.50 Å². The highest BCUT2D eigenvalue weighted by molar-refractivity contribution is 5.67. The molecule has 5 nitrogen and oxygen atoms in total. The first-order valence-electron chi connectivity index (χ1n) is 5.57. The maximum atomic E-state index is 4.34. The van der Waals surface area contributed by atoms with E-state index in [2.05, 4.69) is 27.6 Å². The Morgan fingerprint density at radius 2 is 2.25 bits per heavy atom. The van der Waals surface area contributed by atoms with Gasteiger partial charge in [0.2, 0.25) is 0 Å². The van der Waals surface area contributed by atoms with Crippen molar-refractivity contribution < 1.29 is 0 Å². The van der Waals surface area contributed by atoms with Gasteiger partial charge in [0.05, 0.1) is 5.69 Å². The molecule has 0 atom stereocenters. The summed E-state index contributed by atoms with van der Waals surface area (Å²) in [6, 6.07) is 2.03. The number of anilines is 1. The van der Waals surface area contributed by atoms with Crippen LogP contribution in [0, 0.1) is 6.92 Å². The van der Waals surface area contributed by atoms with E-state index < -0.39 is 0 Å². The first-order valence-corrected chi connectivity index (χ1v) is 5.57. The molecule has 0 unspecified atom stereocenters. The van der Waals surface area contributed by atoms with Crippen molar-refractivity contribution in [3.05, 3.63) is 24.2 Å². The summed E-state index contributed by atoms with van der Waals surface area (Å²) in [5, 5.41) is 10.9. The van der Waals surface area contributed by atoms with Crippen molar-refractivity contribution in [2.75, 3.05) is 25.0 Å². The Balaban J connectivity index is 2.11. The molecule has 2 rings (SSSR count). The molecule has 0 aliphatic heterocycles. The summed E-state index contributed by atoms with van der Waals surface area (Å²) in [6.07, 6.45) is 3.62. The van der Waals surface area contributed by atoms with Gasteiger partial charge in [0.15, 0.2) is 5.82 Å². The zero-order valence-electron chi connectivity index (χ0n) is 9.70. The highest BCUT2D eigenvalue weighted by Crippen LogP contribution is 2.13. The third kappa shape index (κ3) is 2.30. The van der Waals surface area contributed by atoms with Crippen molar-refractivity contribution in [1.29, 1.82) is 0 Å². The van der Waals surface area contributed by atoms with Gasteiger partial charge < -0.3 is 10.6 Å². The molecule has 0 aromatic carbocycles. The van der Waals surface area contributed by atoms with E-state index in [-0.39, 0.29) is 0 Å². The molecule has 0 aliphatic rings. The lowest BCUT2D eigenvalue weighted by molar-refractivity contribution is 0.737. The lowest BCUT2D eigenvalue weighted by atomic mass is 10.4. The van der Waals surface area contributed by atoms with Gasteiger partial charge in [0.1, 0.15) is 5.52 Å². The Labute approximate surface area is 94.9 Å². The van der Waals surface area contributed by atoms with Gasteiger partial charge in [-0.3, -0.25) is 0 Å². The minimum Gasteiger partial charge on any atom is -0.367 e. The highest BCUT2D eigenvalue weighted by atomic mass is 15.2. The van der Waals surface area contributed by atoms with Gasteiger partial charge in [0, 0.05) is 25.5 Å². The minimum atomic E-state index is 0.866. The summed E-state index contributed by atoms with van der Waals surface area (Å²) in [5.74, 6) is 0.890. The van der Waals surface area contributed by atoms with E-state index in [0.717, 1.165) is 36.7 Å². The standard InChI is InChI=1S/C11H17N5/c1-3-12-4-5-13-11-10-8-9(2)15-16(10)7-6-14-11/h6-8,12H,3-5H2,1-2H3,(H,13,14). The highest BCUT2D eigenvalue weighted by Gasteiger charge is 2.03. The number of rotatable bonds is 5. The zero-order chi connectivity index (χ0) is 11.4. The fourth-order valence-electron chi connectivity index (χ4n) is 1.63. The van der Waals surface area contributed by atoms with Crippen molar-refractivity contribution in [3.63, 3.8) is 0 Å². The number of fused-ring (bicyclic) bond motifs is 1. The van der Waals surface area contributed by atoms with Crippen LogP contribution < -0.4 is 10.6 Å². The van der Waals surface area contributed by atoms with E-state index in [1.54, 1.807) is 6.20 Å². The number of nitrogens with one attached hydrogen (secondary N) is 2. The number of nitrogens with zero attached hydrogens (tertiary/aromatic N) is 3. The van der Waals surface area contributed by atoms with Gasteiger partial charge in [0.25, 0.3) is 0 Å². The zero-order valence-corrected chi connectivity index (χ0v) is 9.70. The Bertz CT molecular complexity index is 462. The maximum Gasteiger partial charge on any atom is 0.152 e. The van der Waals surface area contributed by atoms with E-state index in [4.69, 9.17) is 0 Å². The summed E-state index contributed by atoms with van der Waals surface area (Å²) in [7, 11) is 0. The monoisotopic (exact) mass is 219 g/mol. The molecule has 0 spiro atoms. The third-order valence-electron chi connectivity index (χ3n) is 2.36. The van der Waals surface area contributed by atoms with Crippen LogP contribution in [-0.2, 0) is 0 Å². The number of hydrogen-bond acceptors (Lipinski definition) is 4. The van der Waals surface area contributed by atoms with Crippen LogP contribution in [0.3, 0.4) is 0 Å². The van der Waals surface area contributed by atoms with Gasteiger partial charge >= 0.3 is 0 Å². The summed E-state index contributed by atoms with van der Waals surface area (Å²) in [4.78, 5) is 4.32. The molecule has 5 heteroatoms. The van der Waals surface area contributed by atoms with Crippen LogP contribution in [0.5, 0.6) is 0 Å². The average molecular weight is 219 g/mol. The second-order valence-electron chi connectivity index (χ2n) is 3.67. The van der Waals surface area contributed by atoms with Crippen molar-refractivity contribution in [2.45, 2.75) is 13.8 Å². The lowest BCUT2D eigenvalue weighted by Gasteiger charge is -2.06. The number of likely N-dealkylation sites (N-methyl/N-ethyl adjacent to an activating group) is 1. The van der Waals surface area contributed by atoms with Crippen LogP contribution in [-0.4, -0.2) is 34.2 Å². The molecule has 0 bridgehead atoms. The molecule has 0 saturated heterocycles. The van der Waals surface area contributed by atoms with Crippen LogP contribution in [0.2, 0.25) is 0 Å². The smallest absolute Gasteiger partial charge is 0.152 e. The fourth-order valence-corrected chi connectivity index (χ4v) is 1.63.